The van der Waals surface area contributed by atoms with Crippen LogP contribution in [0.1, 0.15) is 17.3 Å². The van der Waals surface area contributed by atoms with E-state index in [1.165, 1.54) is 0 Å². The molecule has 1 atom stereocenters. The van der Waals surface area contributed by atoms with Crippen LogP contribution in [0.5, 0.6) is 0 Å². The third-order valence-electron chi connectivity index (χ3n) is 3.18. The molecule has 6 heteroatoms. The molecular weight excluding hydrogens is 324 g/mol. The van der Waals surface area contributed by atoms with Crippen molar-refractivity contribution in [1.29, 1.82) is 0 Å². The number of fused-ring (bicyclic) bond motifs is 1. The van der Waals surface area contributed by atoms with Crippen LogP contribution >= 0.6 is 27.3 Å². The van der Waals surface area contributed by atoms with E-state index in [2.05, 4.69) is 44.0 Å². The van der Waals surface area contributed by atoms with E-state index in [1.54, 1.807) is 11.3 Å². The Labute approximate surface area is 123 Å². The molecule has 0 saturated carbocycles. The second kappa shape index (κ2) is 5.05. The van der Waals surface area contributed by atoms with Gasteiger partial charge in [0.1, 0.15) is 0 Å². The van der Waals surface area contributed by atoms with E-state index in [1.807, 2.05) is 29.2 Å². The molecule has 0 fully saturated rings. The number of para-hydroxylation sites is 1. The van der Waals surface area contributed by atoms with Crippen LogP contribution in [-0.4, -0.2) is 9.78 Å². The quantitative estimate of drug-likeness (QED) is 0.571. The maximum atomic E-state index is 5.75. The minimum atomic E-state index is -0.119. The van der Waals surface area contributed by atoms with Crippen LogP contribution < -0.4 is 11.3 Å². The zero-order valence-electron chi connectivity index (χ0n) is 10.3. The van der Waals surface area contributed by atoms with Crippen LogP contribution in [-0.2, 0) is 7.05 Å². The number of halogens is 1. The van der Waals surface area contributed by atoms with Gasteiger partial charge in [0.05, 0.1) is 17.3 Å². The van der Waals surface area contributed by atoms with Crippen molar-refractivity contribution in [2.45, 2.75) is 6.04 Å². The lowest BCUT2D eigenvalue weighted by molar-refractivity contribution is 0.608. The molecule has 19 heavy (non-hydrogen) atoms. The molecule has 3 N–H and O–H groups in total. The molecule has 3 rings (SSSR count). The van der Waals surface area contributed by atoms with Crippen molar-refractivity contribution in [1.82, 2.24) is 15.2 Å². The number of aromatic nitrogens is 2. The monoisotopic (exact) mass is 336 g/mol. The minimum Gasteiger partial charge on any atom is -0.271 e. The first-order valence-electron chi connectivity index (χ1n) is 5.81. The Morgan fingerprint density at radius 1 is 1.37 bits per heavy atom. The highest BCUT2D eigenvalue weighted by Gasteiger charge is 2.22. The van der Waals surface area contributed by atoms with E-state index < -0.39 is 0 Å². The Hall–Kier alpha value is -1.21. The molecular formula is C13H13BrN4S. The molecule has 1 aromatic carbocycles. The largest absolute Gasteiger partial charge is 0.271 e. The van der Waals surface area contributed by atoms with E-state index in [0.717, 1.165) is 26.6 Å². The van der Waals surface area contributed by atoms with Gasteiger partial charge in [0.25, 0.3) is 0 Å². The lowest BCUT2D eigenvalue weighted by Gasteiger charge is -2.13. The molecule has 0 aliphatic rings. The van der Waals surface area contributed by atoms with Crippen molar-refractivity contribution in [2.75, 3.05) is 0 Å². The fourth-order valence-electron chi connectivity index (χ4n) is 2.27. The van der Waals surface area contributed by atoms with Gasteiger partial charge in [-0.15, -0.1) is 0 Å². The molecule has 0 aliphatic heterocycles. The fourth-order valence-corrected chi connectivity index (χ4v) is 3.82. The van der Waals surface area contributed by atoms with E-state index >= 15 is 0 Å². The molecule has 2 aromatic heterocycles. The zero-order chi connectivity index (χ0) is 13.4. The molecule has 3 aromatic rings. The number of thiophene rings is 1. The number of hydrazine groups is 1. The van der Waals surface area contributed by atoms with E-state index in [0.29, 0.717) is 0 Å². The number of nitrogens with one attached hydrogen (secondary N) is 1. The van der Waals surface area contributed by atoms with E-state index in [4.69, 9.17) is 5.84 Å². The predicted octanol–water partition coefficient (Wildman–Crippen LogP) is 2.95. The predicted molar refractivity (Wildman–Crippen MR) is 81.9 cm³/mol. The number of nitrogens with two attached hydrogens (primary N) is 1. The summed E-state index contributed by atoms with van der Waals surface area (Å²) in [7, 11) is 1.95. The number of hydrogen-bond acceptors (Lipinski definition) is 4. The summed E-state index contributed by atoms with van der Waals surface area (Å²) in [5.41, 5.74) is 6.02. The Bertz CT molecular complexity index is 718. The van der Waals surface area contributed by atoms with E-state index in [9.17, 15) is 0 Å². The average Bonchev–Trinajstić information content (AvgIpc) is 2.98. The third-order valence-corrected chi connectivity index (χ3v) is 4.93. The van der Waals surface area contributed by atoms with Crippen molar-refractivity contribution in [3.05, 3.63) is 50.8 Å². The maximum absolute atomic E-state index is 5.75. The summed E-state index contributed by atoms with van der Waals surface area (Å²) in [5.74, 6) is 5.75. The average molecular weight is 337 g/mol. The standard InChI is InChI=1S/C13H13BrN4S/c1-18-11-5-3-2-4-8(11)13(17-18)12(16-15)9-6-19-7-10(9)14/h2-7,12,16H,15H2,1H3. The summed E-state index contributed by atoms with van der Waals surface area (Å²) in [4.78, 5) is 0. The second-order valence-electron chi connectivity index (χ2n) is 4.30. The van der Waals surface area contributed by atoms with Gasteiger partial charge in [0.2, 0.25) is 0 Å². The molecule has 0 saturated heterocycles. The van der Waals surface area contributed by atoms with Crippen LogP contribution in [0.4, 0.5) is 0 Å². The highest BCUT2D eigenvalue weighted by Crippen LogP contribution is 2.33. The topological polar surface area (TPSA) is 55.9 Å². The molecule has 0 amide bonds. The summed E-state index contributed by atoms with van der Waals surface area (Å²) in [5, 5.41) is 9.86. The normalized spacial score (nSPS) is 13.0. The minimum absolute atomic E-state index is 0.119. The highest BCUT2D eigenvalue weighted by atomic mass is 79.9. The summed E-state index contributed by atoms with van der Waals surface area (Å²) >= 11 is 5.20. The van der Waals surface area contributed by atoms with Crippen LogP contribution in [0.15, 0.2) is 39.5 Å². The molecule has 4 nitrogen and oxygen atoms in total. The zero-order valence-corrected chi connectivity index (χ0v) is 12.7. The first kappa shape index (κ1) is 12.8. The Kier molecular flexibility index (Phi) is 3.40. The molecule has 0 aliphatic carbocycles. The van der Waals surface area contributed by atoms with Crippen LogP contribution in [0.3, 0.4) is 0 Å². The van der Waals surface area contributed by atoms with Crippen molar-refractivity contribution in [3.8, 4) is 0 Å². The number of rotatable bonds is 3. The number of hydrogen-bond donors (Lipinski definition) is 2. The van der Waals surface area contributed by atoms with Gasteiger partial charge in [-0.1, -0.05) is 18.2 Å². The van der Waals surface area contributed by atoms with Gasteiger partial charge in [-0.05, 0) is 27.4 Å². The molecule has 98 valence electrons. The lowest BCUT2D eigenvalue weighted by Crippen LogP contribution is -2.29. The van der Waals surface area contributed by atoms with Gasteiger partial charge < -0.3 is 0 Å². The van der Waals surface area contributed by atoms with Gasteiger partial charge in [-0.3, -0.25) is 10.5 Å². The summed E-state index contributed by atoms with van der Waals surface area (Å²) in [6.07, 6.45) is 0. The van der Waals surface area contributed by atoms with Gasteiger partial charge in [0.15, 0.2) is 0 Å². The Balaban J connectivity index is 2.20. The van der Waals surface area contributed by atoms with Crippen LogP contribution in [0, 0.1) is 0 Å². The van der Waals surface area contributed by atoms with Gasteiger partial charge in [-0.2, -0.15) is 16.4 Å². The number of nitrogens with zero attached hydrogens (tertiary/aromatic N) is 2. The molecule has 0 radical (unpaired) electrons. The maximum Gasteiger partial charge on any atom is 0.0931 e. The van der Waals surface area contributed by atoms with Crippen LogP contribution in [0.25, 0.3) is 10.9 Å². The van der Waals surface area contributed by atoms with Crippen molar-refractivity contribution in [3.63, 3.8) is 0 Å². The van der Waals surface area contributed by atoms with Crippen LogP contribution in [0.2, 0.25) is 0 Å². The fraction of sp³-hybridized carbons (Fsp3) is 0.154. The first-order valence-corrected chi connectivity index (χ1v) is 7.55. The smallest absolute Gasteiger partial charge is 0.0931 e. The highest BCUT2D eigenvalue weighted by molar-refractivity contribution is 9.10. The van der Waals surface area contributed by atoms with Crippen molar-refractivity contribution < 1.29 is 0 Å². The SMILES string of the molecule is Cn1nc(C(NN)c2cscc2Br)c2ccccc21. The van der Waals surface area contributed by atoms with Crippen molar-refractivity contribution in [2.24, 2.45) is 12.9 Å². The lowest BCUT2D eigenvalue weighted by atomic mass is 10.0. The van der Waals surface area contributed by atoms with Gasteiger partial charge >= 0.3 is 0 Å². The second-order valence-corrected chi connectivity index (χ2v) is 5.90. The van der Waals surface area contributed by atoms with E-state index in [-0.39, 0.29) is 6.04 Å². The number of aryl methyl sites for hydroxylation is 1. The Morgan fingerprint density at radius 2 is 2.16 bits per heavy atom. The summed E-state index contributed by atoms with van der Waals surface area (Å²) < 4.78 is 2.94. The molecule has 0 spiro atoms. The summed E-state index contributed by atoms with van der Waals surface area (Å²) in [6, 6.07) is 8.04. The van der Waals surface area contributed by atoms with Gasteiger partial charge in [-0.25, -0.2) is 5.43 Å². The third kappa shape index (κ3) is 2.10. The summed E-state index contributed by atoms with van der Waals surface area (Å²) in [6.45, 7) is 0. The van der Waals surface area contributed by atoms with Crippen molar-refractivity contribution >= 4 is 38.2 Å². The number of benzene rings is 1. The van der Waals surface area contributed by atoms with Gasteiger partial charge in [0, 0.05) is 27.9 Å². The molecule has 0 bridgehead atoms. The first-order chi connectivity index (χ1) is 9.22. The molecule has 1 unspecified atom stereocenters. The Morgan fingerprint density at radius 3 is 2.84 bits per heavy atom. The molecule has 2 heterocycles.